The van der Waals surface area contributed by atoms with Gasteiger partial charge in [0, 0.05) is 11.1 Å². The summed E-state index contributed by atoms with van der Waals surface area (Å²) in [5.41, 5.74) is -1.59. The third kappa shape index (κ3) is 2.94. The zero-order valence-electron chi connectivity index (χ0n) is 8.77. The number of alkyl halides is 4. The number of aldehydes is 1. The third-order valence-electron chi connectivity index (χ3n) is 2.15. The highest BCUT2D eigenvalue weighted by molar-refractivity contribution is 9.09. The predicted octanol–water partition coefficient (Wildman–Crippen LogP) is 3.40. The molecule has 1 aromatic rings. The molecule has 0 radical (unpaired) electrons. The second-order valence-electron chi connectivity index (χ2n) is 3.45. The summed E-state index contributed by atoms with van der Waals surface area (Å²) in [5.74, 6) is -0.764. The SMILES string of the molecule is Cc1cc(C=O)c(C(=O)CBr)c(C(F)(F)F)c1. The van der Waals surface area contributed by atoms with E-state index in [1.807, 2.05) is 0 Å². The molecule has 0 N–H and O–H groups in total. The first kappa shape index (κ1) is 13.9. The number of carbonyl (C=O) groups is 2. The number of Topliss-reactive ketones (excluding diaryl/α,β-unsaturated/α-hetero) is 1. The number of hydrogen-bond donors (Lipinski definition) is 0. The highest BCUT2D eigenvalue weighted by Gasteiger charge is 2.36. The van der Waals surface area contributed by atoms with Gasteiger partial charge in [0.05, 0.1) is 10.9 Å². The second kappa shape index (κ2) is 5.00. The van der Waals surface area contributed by atoms with E-state index in [4.69, 9.17) is 0 Å². The molecule has 0 unspecified atom stereocenters. The van der Waals surface area contributed by atoms with E-state index < -0.39 is 23.1 Å². The Hall–Kier alpha value is -1.17. The van der Waals surface area contributed by atoms with Crippen LogP contribution in [0.5, 0.6) is 0 Å². The molecule has 0 heterocycles. The average Bonchev–Trinajstić information content (AvgIpc) is 2.25. The van der Waals surface area contributed by atoms with Crippen molar-refractivity contribution in [3.05, 3.63) is 34.4 Å². The summed E-state index contributed by atoms with van der Waals surface area (Å²) in [6, 6.07) is 2.13. The number of carbonyl (C=O) groups excluding carboxylic acids is 2. The van der Waals surface area contributed by atoms with Gasteiger partial charge >= 0.3 is 6.18 Å². The largest absolute Gasteiger partial charge is 0.417 e. The average molecular weight is 309 g/mol. The zero-order chi connectivity index (χ0) is 13.2. The summed E-state index contributed by atoms with van der Waals surface area (Å²) in [7, 11) is 0. The number of halogens is 4. The Morgan fingerprint density at radius 1 is 1.41 bits per heavy atom. The molecule has 6 heteroatoms. The third-order valence-corrected chi connectivity index (χ3v) is 2.66. The van der Waals surface area contributed by atoms with Gasteiger partial charge in [-0.25, -0.2) is 0 Å². The molecule has 1 aromatic carbocycles. The highest BCUT2D eigenvalue weighted by atomic mass is 79.9. The number of aryl methyl sites for hydroxylation is 1. The first-order valence-electron chi connectivity index (χ1n) is 4.57. The molecule has 0 aliphatic carbocycles. The molecular formula is C11H8BrF3O2. The minimum absolute atomic E-state index is 0.234. The van der Waals surface area contributed by atoms with Crippen molar-refractivity contribution in [1.29, 1.82) is 0 Å². The van der Waals surface area contributed by atoms with Crippen LogP contribution in [-0.2, 0) is 6.18 Å². The summed E-state index contributed by atoms with van der Waals surface area (Å²) in [6.45, 7) is 1.44. The van der Waals surface area contributed by atoms with Crippen molar-refractivity contribution in [2.24, 2.45) is 0 Å². The minimum atomic E-state index is -4.66. The van der Waals surface area contributed by atoms with Gasteiger partial charge < -0.3 is 0 Å². The molecule has 17 heavy (non-hydrogen) atoms. The van der Waals surface area contributed by atoms with Crippen molar-refractivity contribution < 1.29 is 22.8 Å². The van der Waals surface area contributed by atoms with E-state index >= 15 is 0 Å². The van der Waals surface area contributed by atoms with Gasteiger partial charge in [-0.05, 0) is 24.6 Å². The lowest BCUT2D eigenvalue weighted by Crippen LogP contribution is -2.16. The zero-order valence-corrected chi connectivity index (χ0v) is 10.4. The van der Waals surface area contributed by atoms with Gasteiger partial charge in [-0.3, -0.25) is 9.59 Å². The maximum Gasteiger partial charge on any atom is 0.417 e. The Labute approximate surface area is 104 Å². The van der Waals surface area contributed by atoms with Crippen LogP contribution in [0, 0.1) is 6.92 Å². The smallest absolute Gasteiger partial charge is 0.298 e. The van der Waals surface area contributed by atoms with Crippen LogP contribution in [0.15, 0.2) is 12.1 Å². The minimum Gasteiger partial charge on any atom is -0.298 e. The number of rotatable bonds is 3. The van der Waals surface area contributed by atoms with E-state index in [1.165, 1.54) is 13.0 Å². The summed E-state index contributed by atoms with van der Waals surface area (Å²) >= 11 is 2.80. The molecule has 0 aromatic heterocycles. The molecule has 0 aliphatic rings. The molecule has 0 saturated heterocycles. The maximum absolute atomic E-state index is 12.8. The lowest BCUT2D eigenvalue weighted by Gasteiger charge is -2.14. The van der Waals surface area contributed by atoms with Gasteiger partial charge in [-0.15, -0.1) is 0 Å². The monoisotopic (exact) mass is 308 g/mol. The normalized spacial score (nSPS) is 11.4. The fourth-order valence-corrected chi connectivity index (χ4v) is 1.79. The molecule has 0 spiro atoms. The number of benzene rings is 1. The first-order chi connectivity index (χ1) is 7.81. The Kier molecular flexibility index (Phi) is 4.08. The molecule has 0 amide bonds. The van der Waals surface area contributed by atoms with Gasteiger partial charge in [-0.2, -0.15) is 13.2 Å². The van der Waals surface area contributed by atoms with Crippen LogP contribution >= 0.6 is 15.9 Å². The number of hydrogen-bond acceptors (Lipinski definition) is 2. The van der Waals surface area contributed by atoms with Crippen LogP contribution < -0.4 is 0 Å². The standard InChI is InChI=1S/C11H8BrF3O2/c1-6-2-7(5-16)10(9(17)4-12)8(3-6)11(13,14)15/h2-3,5H,4H2,1H3. The van der Waals surface area contributed by atoms with E-state index in [-0.39, 0.29) is 22.7 Å². The van der Waals surface area contributed by atoms with E-state index in [0.717, 1.165) is 6.07 Å². The Morgan fingerprint density at radius 2 is 2.00 bits per heavy atom. The van der Waals surface area contributed by atoms with Crippen LogP contribution in [-0.4, -0.2) is 17.4 Å². The summed E-state index contributed by atoms with van der Waals surface area (Å²) in [5, 5.41) is -0.264. The topological polar surface area (TPSA) is 34.1 Å². The molecule has 2 nitrogen and oxygen atoms in total. The van der Waals surface area contributed by atoms with Crippen LogP contribution in [0.25, 0.3) is 0 Å². The van der Waals surface area contributed by atoms with Crippen molar-refractivity contribution in [2.45, 2.75) is 13.1 Å². The Morgan fingerprint density at radius 3 is 2.41 bits per heavy atom. The molecule has 0 atom stereocenters. The van der Waals surface area contributed by atoms with Gasteiger partial charge in [0.25, 0.3) is 0 Å². The van der Waals surface area contributed by atoms with Crippen molar-refractivity contribution in [1.82, 2.24) is 0 Å². The molecule has 0 bridgehead atoms. The van der Waals surface area contributed by atoms with Crippen molar-refractivity contribution >= 4 is 28.0 Å². The maximum atomic E-state index is 12.8. The van der Waals surface area contributed by atoms with Crippen LogP contribution in [0.3, 0.4) is 0 Å². The predicted molar refractivity (Wildman–Crippen MR) is 59.7 cm³/mol. The molecule has 1 rings (SSSR count). The van der Waals surface area contributed by atoms with Gasteiger partial charge in [-0.1, -0.05) is 15.9 Å². The fraction of sp³-hybridized carbons (Fsp3) is 0.273. The number of ketones is 1. The Balaban J connectivity index is 3.61. The highest BCUT2D eigenvalue weighted by Crippen LogP contribution is 2.34. The fourth-order valence-electron chi connectivity index (χ4n) is 1.51. The lowest BCUT2D eigenvalue weighted by molar-refractivity contribution is -0.137. The quantitative estimate of drug-likeness (QED) is 0.487. The molecule has 0 aliphatic heterocycles. The molecule has 0 saturated carbocycles. The van der Waals surface area contributed by atoms with Crippen molar-refractivity contribution in [3.8, 4) is 0 Å². The van der Waals surface area contributed by atoms with Crippen LogP contribution in [0.2, 0.25) is 0 Å². The second-order valence-corrected chi connectivity index (χ2v) is 4.01. The van der Waals surface area contributed by atoms with Crippen molar-refractivity contribution in [3.63, 3.8) is 0 Å². The van der Waals surface area contributed by atoms with Gasteiger partial charge in [0.2, 0.25) is 0 Å². The van der Waals surface area contributed by atoms with Crippen LogP contribution in [0.1, 0.15) is 31.8 Å². The summed E-state index contributed by atoms with van der Waals surface area (Å²) in [6.07, 6.45) is -4.39. The van der Waals surface area contributed by atoms with E-state index in [0.29, 0.717) is 0 Å². The van der Waals surface area contributed by atoms with E-state index in [9.17, 15) is 22.8 Å². The van der Waals surface area contributed by atoms with Gasteiger partial charge in [0.15, 0.2) is 12.1 Å². The summed E-state index contributed by atoms with van der Waals surface area (Å²) < 4.78 is 38.3. The Bertz CT molecular complexity index is 467. The van der Waals surface area contributed by atoms with Crippen molar-refractivity contribution in [2.75, 3.05) is 5.33 Å². The van der Waals surface area contributed by atoms with E-state index in [2.05, 4.69) is 15.9 Å². The molecule has 92 valence electrons. The molecule has 0 fully saturated rings. The van der Waals surface area contributed by atoms with Crippen LogP contribution in [0.4, 0.5) is 13.2 Å². The lowest BCUT2D eigenvalue weighted by atomic mass is 9.95. The summed E-state index contributed by atoms with van der Waals surface area (Å²) in [4.78, 5) is 22.2. The molecular weight excluding hydrogens is 301 g/mol. The van der Waals surface area contributed by atoms with E-state index in [1.54, 1.807) is 0 Å². The van der Waals surface area contributed by atoms with Gasteiger partial charge in [0.1, 0.15) is 0 Å². The first-order valence-corrected chi connectivity index (χ1v) is 5.69.